The van der Waals surface area contributed by atoms with E-state index in [1.807, 2.05) is 38.1 Å². The highest BCUT2D eigenvalue weighted by molar-refractivity contribution is 5.92. The first-order chi connectivity index (χ1) is 20.9. The average Bonchev–Trinajstić information content (AvgIpc) is 3.02. The van der Waals surface area contributed by atoms with E-state index in [1.165, 1.54) is 38.1 Å². The number of rotatable bonds is 9. The highest BCUT2D eigenvalue weighted by Crippen LogP contribution is 2.35. The molecule has 0 bridgehead atoms. The number of carbonyl (C=O) groups excluding carboxylic acids is 2. The summed E-state index contributed by atoms with van der Waals surface area (Å²) in [4.78, 5) is 22.0. The minimum Gasteiger partial charge on any atom is -0.505 e. The second-order valence-electron chi connectivity index (χ2n) is 10.3. The van der Waals surface area contributed by atoms with E-state index >= 15 is 0 Å². The number of aromatic hydroxyl groups is 2. The number of benzene rings is 4. The van der Waals surface area contributed by atoms with Crippen molar-refractivity contribution in [3.63, 3.8) is 0 Å². The van der Waals surface area contributed by atoms with Crippen molar-refractivity contribution in [2.45, 2.75) is 53.4 Å². The molecule has 0 aliphatic rings. The summed E-state index contributed by atoms with van der Waals surface area (Å²) in [6.45, 7) is 6.76. The van der Waals surface area contributed by atoms with Gasteiger partial charge in [0.05, 0.1) is 0 Å². The molecule has 0 aliphatic carbocycles. The normalized spacial score (nSPS) is 10.9. The summed E-state index contributed by atoms with van der Waals surface area (Å²) >= 11 is 0. The van der Waals surface area contributed by atoms with E-state index in [1.54, 1.807) is 24.3 Å². The number of Topliss-reactive ketones (excluding diaryl/α,β-unsaturated/α-hetero) is 1. The second-order valence-corrected chi connectivity index (χ2v) is 10.3. The van der Waals surface area contributed by atoms with Crippen LogP contribution in [0.4, 0.5) is 17.6 Å². The zero-order valence-electron chi connectivity index (χ0n) is 25.0. The number of phenols is 2. The highest BCUT2D eigenvalue weighted by Gasteiger charge is 2.20. The minimum absolute atomic E-state index is 0.0427. The largest absolute Gasteiger partial charge is 0.505 e. The predicted molar refractivity (Wildman–Crippen MR) is 164 cm³/mol. The van der Waals surface area contributed by atoms with E-state index in [2.05, 4.69) is 0 Å². The number of carbonyl (C=O) groups is 2. The molecule has 0 spiro atoms. The Morgan fingerprint density at radius 3 is 1.57 bits per heavy atom. The van der Waals surface area contributed by atoms with Gasteiger partial charge in [-0.3, -0.25) is 4.79 Å². The van der Waals surface area contributed by atoms with E-state index in [0.29, 0.717) is 11.1 Å². The van der Waals surface area contributed by atoms with Gasteiger partial charge in [-0.15, -0.1) is 0 Å². The van der Waals surface area contributed by atoms with Crippen LogP contribution in [0.15, 0.2) is 66.7 Å². The van der Waals surface area contributed by atoms with Gasteiger partial charge in [-0.2, -0.15) is 8.78 Å². The first-order valence-corrected chi connectivity index (χ1v) is 14.1. The van der Waals surface area contributed by atoms with Crippen molar-refractivity contribution in [2.24, 2.45) is 0 Å². The van der Waals surface area contributed by atoms with Gasteiger partial charge in [0.25, 0.3) is 0 Å². The van der Waals surface area contributed by atoms with Crippen molar-refractivity contribution in [1.82, 2.24) is 0 Å². The number of allylic oxidation sites excluding steroid dienone is 1. The Hall–Kier alpha value is -4.72. The van der Waals surface area contributed by atoms with E-state index in [0.717, 1.165) is 24.0 Å². The summed E-state index contributed by atoms with van der Waals surface area (Å²) in [5.74, 6) is -6.61. The Morgan fingerprint density at radius 2 is 1.14 bits per heavy atom. The van der Waals surface area contributed by atoms with Gasteiger partial charge in [0, 0.05) is 23.1 Å². The van der Waals surface area contributed by atoms with Gasteiger partial charge >= 0.3 is 0 Å². The monoisotopic (exact) mass is 606 g/mol. The maximum absolute atomic E-state index is 14.1. The van der Waals surface area contributed by atoms with Crippen molar-refractivity contribution in [2.75, 3.05) is 0 Å². The Balaban J connectivity index is 0.000000240. The Bertz CT molecular complexity index is 1670. The van der Waals surface area contributed by atoms with Crippen molar-refractivity contribution < 1.29 is 37.4 Å². The molecule has 44 heavy (non-hydrogen) atoms. The Morgan fingerprint density at radius 1 is 0.682 bits per heavy atom. The average molecular weight is 607 g/mol. The summed E-state index contributed by atoms with van der Waals surface area (Å²) in [7, 11) is 0. The molecule has 4 aromatic carbocycles. The van der Waals surface area contributed by atoms with Crippen LogP contribution in [0.1, 0.15) is 56.4 Å². The third kappa shape index (κ3) is 8.22. The minimum atomic E-state index is -1.32. The molecule has 0 amide bonds. The van der Waals surface area contributed by atoms with Crippen molar-refractivity contribution in [3.05, 3.63) is 112 Å². The van der Waals surface area contributed by atoms with E-state index in [9.17, 15) is 37.4 Å². The van der Waals surface area contributed by atoms with Gasteiger partial charge in [0.2, 0.25) is 11.6 Å². The Kier molecular flexibility index (Phi) is 11.6. The molecule has 0 heterocycles. The fourth-order valence-electron chi connectivity index (χ4n) is 4.40. The zero-order chi connectivity index (χ0) is 32.6. The molecule has 0 radical (unpaired) electrons. The highest BCUT2D eigenvalue weighted by atomic mass is 19.2. The summed E-state index contributed by atoms with van der Waals surface area (Å²) in [6.07, 6.45) is 4.52. The quantitative estimate of drug-likeness (QED) is 0.147. The van der Waals surface area contributed by atoms with Crippen LogP contribution in [0, 0.1) is 23.3 Å². The second kappa shape index (κ2) is 15.1. The van der Waals surface area contributed by atoms with Crippen LogP contribution >= 0.6 is 0 Å². The van der Waals surface area contributed by atoms with Crippen molar-refractivity contribution in [1.29, 1.82) is 0 Å². The molecular formula is C36H34F4O4. The maximum atomic E-state index is 14.1. The molecule has 2 N–H and O–H groups in total. The number of aryl methyl sites for hydroxylation is 3. The topological polar surface area (TPSA) is 74.6 Å². The van der Waals surface area contributed by atoms with Crippen LogP contribution in [-0.2, 0) is 28.9 Å². The fraction of sp³-hybridized carbons (Fsp3) is 0.222. The standard InChI is InChI=1S/C18H18F2O2.C18H16F2O2/c2*1-3-12-5-8-13(9-6-12)15-10-14(7-4-11(2)21)18(22)17(20)16(15)19/h5-6,8-10,22H,3-4,7H2,1-2H3;4-10,22H,3H2,1-2H3/b;7-4+. The Labute approximate surface area is 254 Å². The summed E-state index contributed by atoms with van der Waals surface area (Å²) < 4.78 is 56.0. The number of ketones is 2. The number of halogens is 4. The molecular weight excluding hydrogens is 572 g/mol. The molecule has 230 valence electrons. The molecule has 0 aromatic heterocycles. The smallest absolute Gasteiger partial charge is 0.201 e. The summed E-state index contributed by atoms with van der Waals surface area (Å²) in [5, 5.41) is 19.4. The molecule has 0 atom stereocenters. The van der Waals surface area contributed by atoms with Gasteiger partial charge in [-0.05, 0) is 85.2 Å². The third-order valence-electron chi connectivity index (χ3n) is 7.06. The van der Waals surface area contributed by atoms with Gasteiger partial charge in [0.15, 0.2) is 28.9 Å². The van der Waals surface area contributed by atoms with Crippen LogP contribution in [0.3, 0.4) is 0 Å². The zero-order valence-corrected chi connectivity index (χ0v) is 25.0. The lowest BCUT2D eigenvalue weighted by Gasteiger charge is -2.11. The molecule has 4 rings (SSSR count). The predicted octanol–water partition coefficient (Wildman–Crippen LogP) is 8.92. The SMILES string of the molecule is CCc1ccc(-c2cc(/C=C/C(C)=O)c(O)c(F)c2F)cc1.CCc1ccc(-c2cc(CCC(C)=O)c(O)c(F)c2F)cc1. The van der Waals surface area contributed by atoms with E-state index in [-0.39, 0.29) is 46.7 Å². The van der Waals surface area contributed by atoms with Crippen molar-refractivity contribution in [3.8, 4) is 33.8 Å². The lowest BCUT2D eigenvalue weighted by Crippen LogP contribution is -1.99. The van der Waals surface area contributed by atoms with Gasteiger partial charge in [-0.25, -0.2) is 8.78 Å². The van der Waals surface area contributed by atoms with E-state index in [4.69, 9.17) is 0 Å². The van der Waals surface area contributed by atoms with Gasteiger partial charge < -0.3 is 15.0 Å². The molecule has 0 fully saturated rings. The number of hydrogen-bond donors (Lipinski definition) is 2. The van der Waals surface area contributed by atoms with E-state index < -0.39 is 34.8 Å². The summed E-state index contributed by atoms with van der Waals surface area (Å²) in [5.41, 5.74) is 3.66. The molecule has 8 heteroatoms. The van der Waals surface area contributed by atoms with Crippen LogP contribution in [0.25, 0.3) is 28.3 Å². The van der Waals surface area contributed by atoms with Gasteiger partial charge in [0.1, 0.15) is 5.78 Å². The molecule has 0 aliphatic heterocycles. The van der Waals surface area contributed by atoms with Crippen LogP contribution in [0.2, 0.25) is 0 Å². The van der Waals surface area contributed by atoms with Crippen molar-refractivity contribution >= 4 is 17.6 Å². The third-order valence-corrected chi connectivity index (χ3v) is 7.06. The van der Waals surface area contributed by atoms with Crippen LogP contribution in [-0.4, -0.2) is 21.8 Å². The number of hydrogen-bond acceptors (Lipinski definition) is 4. The summed E-state index contributed by atoms with van der Waals surface area (Å²) in [6, 6.07) is 17.0. The molecule has 4 aromatic rings. The lowest BCUT2D eigenvalue weighted by atomic mass is 9.97. The number of phenolic OH excluding ortho intramolecular Hbond substituents is 2. The molecule has 0 saturated carbocycles. The van der Waals surface area contributed by atoms with Crippen LogP contribution in [0.5, 0.6) is 11.5 Å². The molecule has 0 unspecified atom stereocenters. The van der Waals surface area contributed by atoms with Crippen LogP contribution < -0.4 is 0 Å². The maximum Gasteiger partial charge on any atom is 0.201 e. The first kappa shape index (κ1) is 33.8. The van der Waals surface area contributed by atoms with Gasteiger partial charge in [-0.1, -0.05) is 62.4 Å². The molecule has 0 saturated heterocycles. The first-order valence-electron chi connectivity index (χ1n) is 14.1. The lowest BCUT2D eigenvalue weighted by molar-refractivity contribution is -0.117. The molecule has 4 nitrogen and oxygen atoms in total. The fourth-order valence-corrected chi connectivity index (χ4v) is 4.40.